The zero-order valence-corrected chi connectivity index (χ0v) is 14.9. The van der Waals surface area contributed by atoms with Crippen LogP contribution in [0.2, 0.25) is 0 Å². The predicted molar refractivity (Wildman–Crippen MR) is 103 cm³/mol. The molecule has 26 heavy (non-hydrogen) atoms. The highest BCUT2D eigenvalue weighted by molar-refractivity contribution is 6.04. The Kier molecular flexibility index (Phi) is 5.27. The maximum Gasteiger partial charge on any atom is 0.240 e. The molecule has 2 aromatic carbocycles. The maximum atomic E-state index is 12.4. The zero-order valence-electron chi connectivity index (χ0n) is 14.9. The Bertz CT molecular complexity index is 947. The lowest BCUT2D eigenvalue weighted by molar-refractivity contribution is -0.123. The average molecular weight is 347 g/mol. The third kappa shape index (κ3) is 4.06. The average Bonchev–Trinajstić information content (AvgIpc) is 2.64. The van der Waals surface area contributed by atoms with Crippen LogP contribution >= 0.6 is 0 Å². The number of aryl methyl sites for hydroxylation is 1. The van der Waals surface area contributed by atoms with Crippen molar-refractivity contribution in [2.75, 3.05) is 11.4 Å². The molecular formula is C21H21N3O2. The minimum atomic E-state index is -0.213. The van der Waals surface area contributed by atoms with E-state index in [-0.39, 0.29) is 18.4 Å². The molecule has 0 saturated carbocycles. The molecule has 0 saturated heterocycles. The monoisotopic (exact) mass is 347 g/mol. The van der Waals surface area contributed by atoms with E-state index in [0.717, 1.165) is 16.5 Å². The molecule has 0 spiro atoms. The number of anilines is 1. The maximum absolute atomic E-state index is 12.4. The number of nitrogens with zero attached hydrogens (tertiary/aromatic N) is 2. The van der Waals surface area contributed by atoms with Gasteiger partial charge in [0.2, 0.25) is 11.8 Å². The predicted octanol–water partition coefficient (Wildman–Crippen LogP) is 3.21. The van der Waals surface area contributed by atoms with E-state index in [0.29, 0.717) is 17.7 Å². The first-order valence-corrected chi connectivity index (χ1v) is 8.48. The van der Waals surface area contributed by atoms with Crippen LogP contribution in [-0.2, 0) is 16.1 Å². The van der Waals surface area contributed by atoms with E-state index < -0.39 is 0 Å². The Hall–Kier alpha value is -3.21. The van der Waals surface area contributed by atoms with Crippen LogP contribution in [0, 0.1) is 6.92 Å². The molecule has 1 N–H and O–H groups in total. The van der Waals surface area contributed by atoms with E-state index >= 15 is 0 Å². The topological polar surface area (TPSA) is 62.3 Å². The summed E-state index contributed by atoms with van der Waals surface area (Å²) in [4.78, 5) is 30.4. The Balaban J connectivity index is 1.76. The van der Waals surface area contributed by atoms with Crippen LogP contribution in [0.4, 0.5) is 5.69 Å². The highest BCUT2D eigenvalue weighted by Gasteiger charge is 2.18. The fourth-order valence-electron chi connectivity index (χ4n) is 2.89. The number of hydrogen-bond donors (Lipinski definition) is 1. The first kappa shape index (κ1) is 17.6. The van der Waals surface area contributed by atoms with Gasteiger partial charge in [0, 0.05) is 25.1 Å². The van der Waals surface area contributed by atoms with E-state index in [9.17, 15) is 9.59 Å². The summed E-state index contributed by atoms with van der Waals surface area (Å²) < 4.78 is 0. The van der Waals surface area contributed by atoms with Crippen molar-refractivity contribution in [2.45, 2.75) is 20.4 Å². The lowest BCUT2D eigenvalue weighted by Crippen LogP contribution is -2.39. The van der Waals surface area contributed by atoms with E-state index in [1.165, 1.54) is 11.8 Å². The molecule has 0 bridgehead atoms. The molecule has 0 unspecified atom stereocenters. The van der Waals surface area contributed by atoms with Crippen LogP contribution < -0.4 is 10.2 Å². The SMILES string of the molecule is CC(=O)N(CC(=O)NCc1cccc(C)c1)c1cccc2cccnc12. The van der Waals surface area contributed by atoms with Crippen molar-refractivity contribution in [3.05, 3.63) is 71.9 Å². The first-order valence-electron chi connectivity index (χ1n) is 8.48. The second kappa shape index (κ2) is 7.78. The van der Waals surface area contributed by atoms with Gasteiger partial charge in [-0.1, -0.05) is 48.0 Å². The molecule has 0 aliphatic carbocycles. The number of aromatic nitrogens is 1. The van der Waals surface area contributed by atoms with Crippen molar-refractivity contribution in [3.63, 3.8) is 0 Å². The summed E-state index contributed by atoms with van der Waals surface area (Å²) in [7, 11) is 0. The van der Waals surface area contributed by atoms with Gasteiger partial charge in [-0.3, -0.25) is 14.6 Å². The summed E-state index contributed by atoms with van der Waals surface area (Å²) in [5.74, 6) is -0.413. The van der Waals surface area contributed by atoms with Crippen molar-refractivity contribution in [2.24, 2.45) is 0 Å². The minimum Gasteiger partial charge on any atom is -0.350 e. The van der Waals surface area contributed by atoms with Gasteiger partial charge >= 0.3 is 0 Å². The number of fused-ring (bicyclic) bond motifs is 1. The molecule has 0 aliphatic heterocycles. The highest BCUT2D eigenvalue weighted by Crippen LogP contribution is 2.24. The third-order valence-corrected chi connectivity index (χ3v) is 4.16. The van der Waals surface area contributed by atoms with Crippen LogP contribution in [0.5, 0.6) is 0 Å². The van der Waals surface area contributed by atoms with E-state index in [1.807, 2.05) is 61.5 Å². The smallest absolute Gasteiger partial charge is 0.240 e. The van der Waals surface area contributed by atoms with Gasteiger partial charge in [0.1, 0.15) is 6.54 Å². The lowest BCUT2D eigenvalue weighted by atomic mass is 10.1. The Morgan fingerprint density at radius 1 is 1.08 bits per heavy atom. The zero-order chi connectivity index (χ0) is 18.5. The summed E-state index contributed by atoms with van der Waals surface area (Å²) >= 11 is 0. The van der Waals surface area contributed by atoms with E-state index in [2.05, 4.69) is 10.3 Å². The number of carbonyl (C=O) groups excluding carboxylic acids is 2. The standard InChI is InChI=1S/C21H21N3O2/c1-15-6-3-7-17(12-15)13-23-20(26)14-24(16(2)25)19-10-4-8-18-9-5-11-22-21(18)19/h3-12H,13-14H2,1-2H3,(H,23,26). The Morgan fingerprint density at radius 3 is 2.62 bits per heavy atom. The number of rotatable bonds is 5. The molecule has 0 fully saturated rings. The van der Waals surface area contributed by atoms with Crippen LogP contribution in [-0.4, -0.2) is 23.3 Å². The molecule has 0 aliphatic rings. The molecule has 5 heteroatoms. The number of amides is 2. The third-order valence-electron chi connectivity index (χ3n) is 4.16. The summed E-state index contributed by atoms with van der Waals surface area (Å²) in [6.45, 7) is 3.85. The van der Waals surface area contributed by atoms with Crippen molar-refractivity contribution in [1.29, 1.82) is 0 Å². The molecule has 0 radical (unpaired) electrons. The number of para-hydroxylation sites is 1. The van der Waals surface area contributed by atoms with Crippen LogP contribution in [0.15, 0.2) is 60.8 Å². The second-order valence-electron chi connectivity index (χ2n) is 6.22. The van der Waals surface area contributed by atoms with Crippen molar-refractivity contribution in [1.82, 2.24) is 10.3 Å². The van der Waals surface area contributed by atoms with Gasteiger partial charge in [-0.05, 0) is 24.6 Å². The Labute approximate surface area is 152 Å². The molecule has 0 atom stereocenters. The van der Waals surface area contributed by atoms with Crippen LogP contribution in [0.25, 0.3) is 10.9 Å². The van der Waals surface area contributed by atoms with Gasteiger partial charge < -0.3 is 10.2 Å². The molecule has 1 heterocycles. The molecular weight excluding hydrogens is 326 g/mol. The highest BCUT2D eigenvalue weighted by atomic mass is 16.2. The normalized spacial score (nSPS) is 10.5. The summed E-state index contributed by atoms with van der Waals surface area (Å²) in [6.07, 6.45) is 1.68. The second-order valence-corrected chi connectivity index (χ2v) is 6.22. The van der Waals surface area contributed by atoms with Gasteiger partial charge in [0.25, 0.3) is 0 Å². The van der Waals surface area contributed by atoms with E-state index in [1.54, 1.807) is 6.20 Å². The fraction of sp³-hybridized carbons (Fsp3) is 0.190. The summed E-state index contributed by atoms with van der Waals surface area (Å²) in [6, 6.07) is 17.3. The fourth-order valence-corrected chi connectivity index (χ4v) is 2.89. The van der Waals surface area contributed by atoms with Gasteiger partial charge in [-0.25, -0.2) is 0 Å². The van der Waals surface area contributed by atoms with Gasteiger partial charge in [0.05, 0.1) is 11.2 Å². The molecule has 3 aromatic rings. The van der Waals surface area contributed by atoms with Gasteiger partial charge in [-0.15, -0.1) is 0 Å². The van der Waals surface area contributed by atoms with Crippen LogP contribution in [0.1, 0.15) is 18.1 Å². The van der Waals surface area contributed by atoms with Crippen molar-refractivity contribution in [3.8, 4) is 0 Å². The quantitative estimate of drug-likeness (QED) is 0.771. The molecule has 2 amide bonds. The number of pyridine rings is 1. The van der Waals surface area contributed by atoms with E-state index in [4.69, 9.17) is 0 Å². The molecule has 132 valence electrons. The van der Waals surface area contributed by atoms with Crippen molar-refractivity contribution >= 4 is 28.4 Å². The molecule has 5 nitrogen and oxygen atoms in total. The first-order chi connectivity index (χ1) is 12.5. The van der Waals surface area contributed by atoms with Crippen molar-refractivity contribution < 1.29 is 9.59 Å². The largest absolute Gasteiger partial charge is 0.350 e. The number of hydrogen-bond acceptors (Lipinski definition) is 3. The molecule has 3 rings (SSSR count). The van der Waals surface area contributed by atoms with Crippen LogP contribution in [0.3, 0.4) is 0 Å². The minimum absolute atomic E-state index is 0.0448. The molecule has 1 aromatic heterocycles. The lowest BCUT2D eigenvalue weighted by Gasteiger charge is -2.22. The number of carbonyl (C=O) groups is 2. The Morgan fingerprint density at radius 2 is 1.85 bits per heavy atom. The summed E-state index contributed by atoms with van der Waals surface area (Å²) in [5, 5.41) is 3.80. The van der Waals surface area contributed by atoms with Gasteiger partial charge in [-0.2, -0.15) is 0 Å². The number of benzene rings is 2. The number of nitrogens with one attached hydrogen (secondary N) is 1. The summed E-state index contributed by atoms with van der Waals surface area (Å²) in [5.41, 5.74) is 3.52. The van der Waals surface area contributed by atoms with Gasteiger partial charge in [0.15, 0.2) is 0 Å².